The van der Waals surface area contributed by atoms with Gasteiger partial charge in [0.2, 0.25) is 0 Å². The third-order valence-electron chi connectivity index (χ3n) is 4.55. The van der Waals surface area contributed by atoms with Gasteiger partial charge in [-0.2, -0.15) is 0 Å². The lowest BCUT2D eigenvalue weighted by Crippen LogP contribution is -2.15. The molecule has 0 aliphatic carbocycles. The number of amides is 2. The van der Waals surface area contributed by atoms with Gasteiger partial charge in [0, 0.05) is 22.3 Å². The van der Waals surface area contributed by atoms with Gasteiger partial charge < -0.3 is 15.1 Å². The highest BCUT2D eigenvalue weighted by Crippen LogP contribution is 2.26. The third-order valence-corrected chi connectivity index (χ3v) is 5.51. The number of halogens is 1. The Morgan fingerprint density at radius 1 is 0.969 bits per heavy atom. The molecule has 4 aromatic rings. The number of benzene rings is 2. The number of rotatable bonds is 6. The molecule has 0 bridgehead atoms. The third kappa shape index (κ3) is 5.04. The highest BCUT2D eigenvalue weighted by molar-refractivity contribution is 7.99. The van der Waals surface area contributed by atoms with E-state index >= 15 is 0 Å². The van der Waals surface area contributed by atoms with E-state index in [0.29, 0.717) is 22.6 Å². The average molecular weight is 447 g/mol. The first-order chi connectivity index (χ1) is 15.5. The molecule has 0 radical (unpaired) electrons. The first-order valence-corrected chi connectivity index (χ1v) is 10.5. The van der Waals surface area contributed by atoms with Crippen LogP contribution in [0.3, 0.4) is 0 Å². The fraction of sp³-hybridized carbons (Fsp3) is 0.0417. The Kier molecular flexibility index (Phi) is 6.32. The summed E-state index contributed by atoms with van der Waals surface area (Å²) < 4.78 is 19.3. The number of pyridine rings is 1. The summed E-state index contributed by atoms with van der Waals surface area (Å²) in [4.78, 5) is 30.2. The molecule has 8 heteroatoms. The van der Waals surface area contributed by atoms with Gasteiger partial charge in [-0.25, -0.2) is 9.37 Å². The zero-order valence-corrected chi connectivity index (χ0v) is 17.8. The Morgan fingerprint density at radius 3 is 2.47 bits per heavy atom. The molecule has 0 unspecified atom stereocenters. The molecule has 0 aliphatic heterocycles. The monoisotopic (exact) mass is 447 g/mol. The predicted octanol–water partition coefficient (Wildman–Crippen LogP) is 5.78. The molecule has 0 saturated heterocycles. The molecule has 2 amide bonds. The molecule has 0 aliphatic rings. The van der Waals surface area contributed by atoms with Gasteiger partial charge in [-0.3, -0.25) is 9.59 Å². The van der Waals surface area contributed by atoms with Crippen molar-refractivity contribution in [2.24, 2.45) is 0 Å². The summed E-state index contributed by atoms with van der Waals surface area (Å²) in [5, 5.41) is 6.08. The quantitative estimate of drug-likeness (QED) is 0.392. The zero-order chi connectivity index (χ0) is 22.5. The maximum absolute atomic E-state index is 14.2. The zero-order valence-electron chi connectivity index (χ0n) is 17.0. The Bertz CT molecular complexity index is 1260. The molecular weight excluding hydrogens is 429 g/mol. The minimum absolute atomic E-state index is 0.0458. The molecule has 2 aromatic heterocycles. The van der Waals surface area contributed by atoms with E-state index < -0.39 is 11.7 Å². The van der Waals surface area contributed by atoms with Crippen LogP contribution in [0.4, 0.5) is 15.8 Å². The molecule has 160 valence electrons. The number of furan rings is 1. The fourth-order valence-corrected chi connectivity index (χ4v) is 3.69. The van der Waals surface area contributed by atoms with Crippen LogP contribution in [0.5, 0.6) is 0 Å². The Morgan fingerprint density at radius 2 is 1.78 bits per heavy atom. The molecule has 0 spiro atoms. The molecular formula is C24H18FN3O3S. The molecule has 0 saturated carbocycles. The van der Waals surface area contributed by atoms with Crippen LogP contribution in [-0.4, -0.2) is 16.8 Å². The number of nitrogens with zero attached hydrogens (tertiary/aromatic N) is 1. The predicted molar refractivity (Wildman–Crippen MR) is 121 cm³/mol. The standard InChI is InChI=1S/C24H18FN3O3S/c1-15-19(11-13-31-15)24(30)28-21-14-17(7-10-20(21)25)27-23(29)16-5-8-18(9-6-16)32-22-4-2-3-12-26-22/h2-14H,1H3,(H,27,29)(H,28,30). The van der Waals surface area contributed by atoms with Crippen LogP contribution in [0, 0.1) is 12.7 Å². The Balaban J connectivity index is 1.43. The fourth-order valence-electron chi connectivity index (χ4n) is 2.91. The lowest BCUT2D eigenvalue weighted by atomic mass is 10.2. The minimum atomic E-state index is -0.617. The molecule has 2 heterocycles. The minimum Gasteiger partial charge on any atom is -0.469 e. The summed E-state index contributed by atoms with van der Waals surface area (Å²) in [6, 6.07) is 18.2. The molecule has 4 rings (SSSR count). The van der Waals surface area contributed by atoms with E-state index in [2.05, 4.69) is 15.6 Å². The van der Waals surface area contributed by atoms with E-state index in [1.54, 1.807) is 25.3 Å². The van der Waals surface area contributed by atoms with E-state index in [0.717, 1.165) is 9.92 Å². The van der Waals surface area contributed by atoms with Gasteiger partial charge in [0.1, 0.15) is 16.6 Å². The van der Waals surface area contributed by atoms with Crippen molar-refractivity contribution in [3.8, 4) is 0 Å². The summed E-state index contributed by atoms with van der Waals surface area (Å²) in [5.41, 5.74) is 1.06. The Labute approximate surface area is 187 Å². The summed E-state index contributed by atoms with van der Waals surface area (Å²) >= 11 is 1.49. The van der Waals surface area contributed by atoms with Gasteiger partial charge in [0.15, 0.2) is 0 Å². The number of carbonyl (C=O) groups is 2. The van der Waals surface area contributed by atoms with Crippen molar-refractivity contribution in [3.63, 3.8) is 0 Å². The number of nitrogens with one attached hydrogen (secondary N) is 2. The number of aromatic nitrogens is 1. The van der Waals surface area contributed by atoms with Crippen LogP contribution >= 0.6 is 11.8 Å². The SMILES string of the molecule is Cc1occc1C(=O)Nc1cc(NC(=O)c2ccc(Sc3ccccn3)cc2)ccc1F. The Hall–Kier alpha value is -3.91. The van der Waals surface area contributed by atoms with Gasteiger partial charge in [0.05, 0.1) is 17.5 Å². The van der Waals surface area contributed by atoms with Gasteiger partial charge >= 0.3 is 0 Å². The molecule has 6 nitrogen and oxygen atoms in total. The second-order valence-electron chi connectivity index (χ2n) is 6.79. The van der Waals surface area contributed by atoms with E-state index in [1.165, 1.54) is 42.3 Å². The van der Waals surface area contributed by atoms with Gasteiger partial charge in [-0.05, 0) is 67.6 Å². The van der Waals surface area contributed by atoms with Crippen LogP contribution in [-0.2, 0) is 0 Å². The molecule has 0 atom stereocenters. The normalized spacial score (nSPS) is 10.6. The topological polar surface area (TPSA) is 84.2 Å². The second-order valence-corrected chi connectivity index (χ2v) is 7.88. The van der Waals surface area contributed by atoms with E-state index in [4.69, 9.17) is 4.42 Å². The summed E-state index contributed by atoms with van der Waals surface area (Å²) in [7, 11) is 0. The van der Waals surface area contributed by atoms with E-state index in [-0.39, 0.29) is 11.6 Å². The van der Waals surface area contributed by atoms with Gasteiger partial charge in [0.25, 0.3) is 11.8 Å². The van der Waals surface area contributed by atoms with Crippen LogP contribution in [0.15, 0.2) is 93.5 Å². The first-order valence-electron chi connectivity index (χ1n) is 9.65. The molecule has 0 fully saturated rings. The molecule has 32 heavy (non-hydrogen) atoms. The summed E-state index contributed by atoms with van der Waals surface area (Å²) in [5.74, 6) is -1.04. The average Bonchev–Trinajstić information content (AvgIpc) is 3.23. The summed E-state index contributed by atoms with van der Waals surface area (Å²) in [6.07, 6.45) is 3.11. The van der Waals surface area contributed by atoms with Crippen molar-refractivity contribution in [3.05, 3.63) is 102 Å². The second kappa shape index (κ2) is 9.49. The van der Waals surface area contributed by atoms with Gasteiger partial charge in [-0.15, -0.1) is 0 Å². The smallest absolute Gasteiger partial charge is 0.259 e. The van der Waals surface area contributed by atoms with Crippen molar-refractivity contribution < 1.29 is 18.4 Å². The first kappa shape index (κ1) is 21.3. The van der Waals surface area contributed by atoms with Crippen molar-refractivity contribution in [2.75, 3.05) is 10.6 Å². The highest BCUT2D eigenvalue weighted by Gasteiger charge is 2.15. The van der Waals surface area contributed by atoms with Crippen molar-refractivity contribution in [1.29, 1.82) is 0 Å². The van der Waals surface area contributed by atoms with Crippen LogP contribution in [0.1, 0.15) is 26.5 Å². The van der Waals surface area contributed by atoms with E-state index in [9.17, 15) is 14.0 Å². The molecule has 2 aromatic carbocycles. The van der Waals surface area contributed by atoms with Crippen LogP contribution in [0.2, 0.25) is 0 Å². The maximum Gasteiger partial charge on any atom is 0.259 e. The van der Waals surface area contributed by atoms with Crippen molar-refractivity contribution in [1.82, 2.24) is 4.98 Å². The lowest BCUT2D eigenvalue weighted by Gasteiger charge is -2.10. The van der Waals surface area contributed by atoms with Crippen molar-refractivity contribution in [2.45, 2.75) is 16.8 Å². The largest absolute Gasteiger partial charge is 0.469 e. The number of aryl methyl sites for hydroxylation is 1. The molecule has 2 N–H and O–H groups in total. The van der Waals surface area contributed by atoms with Crippen LogP contribution in [0.25, 0.3) is 0 Å². The van der Waals surface area contributed by atoms with Crippen LogP contribution < -0.4 is 10.6 Å². The van der Waals surface area contributed by atoms with E-state index in [1.807, 2.05) is 30.3 Å². The summed E-state index contributed by atoms with van der Waals surface area (Å²) in [6.45, 7) is 1.64. The lowest BCUT2D eigenvalue weighted by molar-refractivity contribution is 0.101. The maximum atomic E-state index is 14.2. The number of hydrogen-bond donors (Lipinski definition) is 2. The highest BCUT2D eigenvalue weighted by atomic mass is 32.2. The number of carbonyl (C=O) groups excluding carboxylic acids is 2. The number of anilines is 2. The van der Waals surface area contributed by atoms with Crippen molar-refractivity contribution >= 4 is 35.0 Å². The van der Waals surface area contributed by atoms with Gasteiger partial charge in [-0.1, -0.05) is 17.8 Å². The number of hydrogen-bond acceptors (Lipinski definition) is 5.